The number of carbonyl (C=O) groups is 3. The van der Waals surface area contributed by atoms with Gasteiger partial charge in [0.2, 0.25) is 5.91 Å². The maximum absolute atomic E-state index is 12.8. The van der Waals surface area contributed by atoms with Crippen molar-refractivity contribution in [3.05, 3.63) is 107 Å². The predicted octanol–water partition coefficient (Wildman–Crippen LogP) is 5.67. The smallest absolute Gasteiger partial charge is 0.408 e. The van der Waals surface area contributed by atoms with Gasteiger partial charge in [0.1, 0.15) is 12.4 Å². The molecular weight excluding hydrogens is 484 g/mol. The molecule has 38 heavy (non-hydrogen) atoms. The third-order valence-corrected chi connectivity index (χ3v) is 5.88. The van der Waals surface area contributed by atoms with E-state index in [-0.39, 0.29) is 12.5 Å². The first-order chi connectivity index (χ1) is 18.3. The number of alkyl carbamates (subject to hydrolysis) is 1. The molecule has 8 nitrogen and oxygen atoms in total. The van der Waals surface area contributed by atoms with Crippen LogP contribution in [0.1, 0.15) is 41.4 Å². The molecular formula is C30H32N2O6. The molecule has 8 heteroatoms. The third kappa shape index (κ3) is 7.96. The first kappa shape index (κ1) is 28.0. The third-order valence-electron chi connectivity index (χ3n) is 5.88. The molecule has 0 aliphatic carbocycles. The molecule has 0 radical (unpaired) electrons. The van der Waals surface area contributed by atoms with Crippen LogP contribution in [0.5, 0.6) is 5.75 Å². The minimum absolute atomic E-state index is 0.115. The highest BCUT2D eigenvalue weighted by molar-refractivity contribution is 5.93. The van der Waals surface area contributed by atoms with E-state index in [2.05, 4.69) is 10.6 Å². The lowest BCUT2D eigenvalue weighted by molar-refractivity contribution is -0.118. The Morgan fingerprint density at radius 2 is 1.55 bits per heavy atom. The fourth-order valence-corrected chi connectivity index (χ4v) is 3.77. The van der Waals surface area contributed by atoms with Crippen molar-refractivity contribution in [3.8, 4) is 5.75 Å². The van der Waals surface area contributed by atoms with E-state index in [1.165, 1.54) is 7.11 Å². The highest BCUT2D eigenvalue weighted by Crippen LogP contribution is 2.25. The molecule has 0 aliphatic heterocycles. The number of hydrogen-bond donors (Lipinski definition) is 2. The fourth-order valence-electron chi connectivity index (χ4n) is 3.77. The molecule has 0 bridgehead atoms. The average molecular weight is 517 g/mol. The van der Waals surface area contributed by atoms with Crippen molar-refractivity contribution in [2.75, 3.05) is 19.5 Å². The molecule has 0 fully saturated rings. The van der Waals surface area contributed by atoms with Crippen LogP contribution in [0.2, 0.25) is 0 Å². The van der Waals surface area contributed by atoms with Crippen LogP contribution in [0, 0.1) is 5.92 Å². The summed E-state index contributed by atoms with van der Waals surface area (Å²) < 4.78 is 15.3. The van der Waals surface area contributed by atoms with Gasteiger partial charge in [-0.1, -0.05) is 55.5 Å². The zero-order chi connectivity index (χ0) is 27.5. The Balaban J connectivity index is 1.77. The summed E-state index contributed by atoms with van der Waals surface area (Å²) in [6.45, 7) is 3.71. The van der Waals surface area contributed by atoms with Crippen LogP contribution in [-0.2, 0) is 20.9 Å². The van der Waals surface area contributed by atoms with Crippen LogP contribution in [0.4, 0.5) is 10.5 Å². The average Bonchev–Trinajstić information content (AvgIpc) is 2.95. The van der Waals surface area contributed by atoms with Crippen molar-refractivity contribution >= 4 is 23.7 Å². The van der Waals surface area contributed by atoms with Crippen LogP contribution in [-0.4, -0.2) is 32.2 Å². The lowest BCUT2D eigenvalue weighted by Crippen LogP contribution is -2.30. The molecule has 0 aromatic heterocycles. The molecule has 0 aliphatic rings. The standard InChI is InChI=1S/C30H32N2O6/c1-20(18-21(2)28(33)31-25-14-16-26(36-3)17-15-25)27(23-10-12-24(13-11-23)29(34)37-4)32-30(35)38-19-22-8-6-5-7-9-22/h5-18,21,27H,19H2,1-4H3,(H,31,33)(H,32,35)/b20-18+/t21-,27?/m1/s1. The minimum Gasteiger partial charge on any atom is -0.497 e. The number of hydrogen-bond acceptors (Lipinski definition) is 6. The Morgan fingerprint density at radius 3 is 2.16 bits per heavy atom. The number of esters is 1. The van der Waals surface area contributed by atoms with Crippen molar-refractivity contribution in [2.45, 2.75) is 26.5 Å². The maximum atomic E-state index is 12.8. The molecule has 1 unspecified atom stereocenters. The molecule has 3 aromatic carbocycles. The van der Waals surface area contributed by atoms with Crippen molar-refractivity contribution in [2.24, 2.45) is 5.92 Å². The van der Waals surface area contributed by atoms with Crippen LogP contribution < -0.4 is 15.4 Å². The topological polar surface area (TPSA) is 103 Å². The van der Waals surface area contributed by atoms with Crippen LogP contribution >= 0.6 is 0 Å². The molecule has 0 heterocycles. The second-order valence-electron chi connectivity index (χ2n) is 8.67. The summed E-state index contributed by atoms with van der Waals surface area (Å²) in [6, 6.07) is 22.5. The van der Waals surface area contributed by atoms with Gasteiger partial charge in [-0.25, -0.2) is 9.59 Å². The van der Waals surface area contributed by atoms with Crippen molar-refractivity contribution in [1.82, 2.24) is 5.32 Å². The number of nitrogens with one attached hydrogen (secondary N) is 2. The van der Waals surface area contributed by atoms with E-state index in [1.807, 2.05) is 37.3 Å². The van der Waals surface area contributed by atoms with E-state index in [0.717, 1.165) is 11.1 Å². The van der Waals surface area contributed by atoms with Crippen LogP contribution in [0.25, 0.3) is 0 Å². The Hall–Kier alpha value is -4.59. The van der Waals surface area contributed by atoms with Gasteiger partial charge < -0.3 is 24.8 Å². The zero-order valence-electron chi connectivity index (χ0n) is 21.9. The molecule has 3 aromatic rings. The predicted molar refractivity (Wildman–Crippen MR) is 145 cm³/mol. The number of rotatable bonds is 10. The largest absolute Gasteiger partial charge is 0.497 e. The van der Waals surface area contributed by atoms with Crippen molar-refractivity contribution in [3.63, 3.8) is 0 Å². The summed E-state index contributed by atoms with van der Waals surface area (Å²) in [4.78, 5) is 37.4. The summed E-state index contributed by atoms with van der Waals surface area (Å²) in [5.41, 5.74) is 3.33. The van der Waals surface area contributed by atoms with E-state index < -0.39 is 24.0 Å². The SMILES string of the molecule is COC(=O)c1ccc(C(NC(=O)OCc2ccccc2)/C(C)=C/[C@@H](C)C(=O)Nc2ccc(OC)cc2)cc1. The second-order valence-corrected chi connectivity index (χ2v) is 8.67. The minimum atomic E-state index is -0.612. The molecule has 2 N–H and O–H groups in total. The molecule has 0 saturated carbocycles. The Morgan fingerprint density at radius 1 is 0.895 bits per heavy atom. The quantitative estimate of drug-likeness (QED) is 0.266. The molecule has 0 spiro atoms. The Kier molecular flexibility index (Phi) is 10.0. The van der Waals surface area contributed by atoms with E-state index in [1.54, 1.807) is 68.6 Å². The van der Waals surface area contributed by atoms with Crippen molar-refractivity contribution in [1.29, 1.82) is 0 Å². The molecule has 2 atom stereocenters. The van der Waals surface area contributed by atoms with Crippen LogP contribution in [0.15, 0.2) is 90.5 Å². The van der Waals surface area contributed by atoms with E-state index in [9.17, 15) is 14.4 Å². The number of benzene rings is 3. The van der Waals surface area contributed by atoms with Gasteiger partial charge in [-0.15, -0.1) is 0 Å². The first-order valence-electron chi connectivity index (χ1n) is 12.1. The monoisotopic (exact) mass is 516 g/mol. The van der Waals surface area contributed by atoms with Gasteiger partial charge in [-0.05, 0) is 60.0 Å². The number of amides is 2. The van der Waals surface area contributed by atoms with E-state index >= 15 is 0 Å². The number of methoxy groups -OCH3 is 2. The van der Waals surface area contributed by atoms with Gasteiger partial charge >= 0.3 is 12.1 Å². The van der Waals surface area contributed by atoms with Gasteiger partial charge in [0.15, 0.2) is 0 Å². The fraction of sp³-hybridized carbons (Fsp3) is 0.233. The van der Waals surface area contributed by atoms with Gasteiger partial charge in [-0.2, -0.15) is 0 Å². The Bertz CT molecular complexity index is 1250. The molecule has 198 valence electrons. The number of carbonyl (C=O) groups excluding carboxylic acids is 3. The number of anilines is 1. The highest BCUT2D eigenvalue weighted by atomic mass is 16.5. The normalized spacial score (nSPS) is 12.6. The van der Waals surface area contributed by atoms with Gasteiger partial charge in [0.25, 0.3) is 0 Å². The summed E-state index contributed by atoms with van der Waals surface area (Å²) >= 11 is 0. The summed E-state index contributed by atoms with van der Waals surface area (Å²) in [5, 5.41) is 5.76. The van der Waals surface area contributed by atoms with Gasteiger partial charge in [0, 0.05) is 5.69 Å². The summed E-state index contributed by atoms with van der Waals surface area (Å²) in [6.07, 6.45) is 1.17. The molecule has 2 amide bonds. The van der Waals surface area contributed by atoms with Crippen molar-refractivity contribution < 1.29 is 28.6 Å². The lowest BCUT2D eigenvalue weighted by atomic mass is 9.95. The zero-order valence-corrected chi connectivity index (χ0v) is 21.9. The maximum Gasteiger partial charge on any atom is 0.408 e. The molecule has 3 rings (SSSR count). The lowest BCUT2D eigenvalue weighted by Gasteiger charge is -2.21. The summed E-state index contributed by atoms with van der Waals surface area (Å²) in [7, 11) is 2.89. The molecule has 0 saturated heterocycles. The second kappa shape index (κ2) is 13.6. The van der Waals surface area contributed by atoms with Gasteiger partial charge in [0.05, 0.1) is 31.7 Å². The van der Waals surface area contributed by atoms with Crippen LogP contribution in [0.3, 0.4) is 0 Å². The summed E-state index contributed by atoms with van der Waals surface area (Å²) in [5.74, 6) is -0.477. The van der Waals surface area contributed by atoms with E-state index in [4.69, 9.17) is 14.2 Å². The highest BCUT2D eigenvalue weighted by Gasteiger charge is 2.21. The van der Waals surface area contributed by atoms with E-state index in [0.29, 0.717) is 22.6 Å². The van der Waals surface area contributed by atoms with Gasteiger partial charge in [-0.3, -0.25) is 4.79 Å². The first-order valence-corrected chi connectivity index (χ1v) is 12.1. The Labute approximate surface area is 222 Å². The number of ether oxygens (including phenoxy) is 3.